The van der Waals surface area contributed by atoms with Crippen LogP contribution in [0.2, 0.25) is 0 Å². The van der Waals surface area contributed by atoms with Gasteiger partial charge in [0.05, 0.1) is 13.2 Å². The molecule has 0 N–H and O–H groups in total. The molecular formula is C24H29ClNO2+. The van der Waals surface area contributed by atoms with Gasteiger partial charge < -0.3 is 9.15 Å². The van der Waals surface area contributed by atoms with Crippen LogP contribution in [0.1, 0.15) is 32.3 Å². The minimum absolute atomic E-state index is 0.701. The lowest BCUT2D eigenvalue weighted by molar-refractivity contribution is 0.415. The topological polar surface area (TPSA) is 25.4 Å². The van der Waals surface area contributed by atoms with E-state index in [1.807, 2.05) is 24.3 Å². The summed E-state index contributed by atoms with van der Waals surface area (Å²) < 4.78 is 14.0. The molecule has 1 aliphatic heterocycles. The van der Waals surface area contributed by atoms with Crippen LogP contribution in [0.3, 0.4) is 0 Å². The Kier molecular flexibility index (Phi) is 7.16. The Hall–Kier alpha value is -2.26. The quantitative estimate of drug-likeness (QED) is 0.287. The average molecular weight is 399 g/mol. The van der Waals surface area contributed by atoms with E-state index in [2.05, 4.69) is 42.7 Å². The average Bonchev–Trinajstić information content (AvgIpc) is 2.74. The molecule has 0 unspecified atom stereocenters. The second-order valence-corrected chi connectivity index (χ2v) is 7.24. The Bertz CT molecular complexity index is 938. The number of halogens is 1. The molecule has 1 heterocycles. The highest BCUT2D eigenvalue weighted by atomic mass is 35.5. The van der Waals surface area contributed by atoms with Gasteiger partial charge in [-0.2, -0.15) is 0 Å². The first-order valence-corrected chi connectivity index (χ1v) is 10.6. The second kappa shape index (κ2) is 9.79. The van der Waals surface area contributed by atoms with Crippen molar-refractivity contribution >= 4 is 11.6 Å². The van der Waals surface area contributed by atoms with Crippen molar-refractivity contribution in [3.63, 3.8) is 0 Å². The standard InChI is InChI=1S/C24H29ClNO2/c1-4-26(5-2)20-11-14-22-19(8-6-7-15-25)16-23(28-24(22)17-20)18-9-12-21(27-3)13-10-18/h9-14,16-17H,4-8,15H2,1-3H3/q+1. The number of unbranched alkanes of at least 4 members (excludes halogenated alkanes) is 1. The number of nitrogens with zero attached hydrogens (tertiary/aromatic N) is 1. The van der Waals surface area contributed by atoms with Gasteiger partial charge in [-0.1, -0.05) is 0 Å². The maximum Gasteiger partial charge on any atom is 0.203 e. The zero-order chi connectivity index (χ0) is 19.9. The molecule has 0 saturated carbocycles. The van der Waals surface area contributed by atoms with Gasteiger partial charge in [-0.05, 0) is 75.1 Å². The Morgan fingerprint density at radius 3 is 2.32 bits per heavy atom. The summed E-state index contributed by atoms with van der Waals surface area (Å²) in [6.07, 6.45) is 3.08. The first-order valence-electron chi connectivity index (χ1n) is 10.0. The van der Waals surface area contributed by atoms with Gasteiger partial charge in [-0.15, -0.1) is 11.6 Å². The number of rotatable bonds is 8. The predicted octanol–water partition coefficient (Wildman–Crippen LogP) is 5.43. The van der Waals surface area contributed by atoms with Gasteiger partial charge in [-0.3, -0.25) is 0 Å². The van der Waals surface area contributed by atoms with Crippen LogP contribution < -0.4 is 14.7 Å². The van der Waals surface area contributed by atoms with E-state index in [0.29, 0.717) is 5.88 Å². The summed E-state index contributed by atoms with van der Waals surface area (Å²) in [6, 6.07) is 16.8. The molecule has 0 fully saturated rings. The first kappa shape index (κ1) is 20.5. The van der Waals surface area contributed by atoms with E-state index in [4.69, 9.17) is 20.8 Å². The summed E-state index contributed by atoms with van der Waals surface area (Å²) in [6.45, 7) is 6.30. The molecule has 3 nitrogen and oxygen atoms in total. The number of fused-ring (bicyclic) bond motifs is 1. The maximum atomic E-state index is 6.35. The molecule has 0 amide bonds. The molecule has 0 bridgehead atoms. The lowest BCUT2D eigenvalue weighted by Crippen LogP contribution is -2.29. The minimum atomic E-state index is 0.701. The van der Waals surface area contributed by atoms with Crippen LogP contribution in [0.5, 0.6) is 5.75 Å². The Morgan fingerprint density at radius 1 is 0.929 bits per heavy atom. The van der Waals surface area contributed by atoms with Gasteiger partial charge in [0.1, 0.15) is 30.4 Å². The van der Waals surface area contributed by atoms with Crippen molar-refractivity contribution in [1.29, 1.82) is 0 Å². The summed E-state index contributed by atoms with van der Waals surface area (Å²) in [5.74, 6) is 3.36. The van der Waals surface area contributed by atoms with E-state index in [1.165, 1.54) is 16.5 Å². The Morgan fingerprint density at radius 2 is 1.68 bits per heavy atom. The fraction of sp³-hybridized carbons (Fsp3) is 0.375. The van der Waals surface area contributed by atoms with E-state index in [9.17, 15) is 0 Å². The molecule has 1 aromatic carbocycles. The molecule has 0 aromatic heterocycles. The van der Waals surface area contributed by atoms with E-state index in [1.54, 1.807) is 7.11 Å². The largest absolute Gasteiger partial charge is 0.497 e. The van der Waals surface area contributed by atoms with Crippen molar-refractivity contribution in [2.45, 2.75) is 33.1 Å². The van der Waals surface area contributed by atoms with Gasteiger partial charge in [-0.25, -0.2) is 4.58 Å². The van der Waals surface area contributed by atoms with Gasteiger partial charge in [0.2, 0.25) is 5.36 Å². The van der Waals surface area contributed by atoms with Crippen molar-refractivity contribution < 1.29 is 9.15 Å². The van der Waals surface area contributed by atoms with Crippen LogP contribution in [0.15, 0.2) is 52.9 Å². The number of benzene rings is 2. The zero-order valence-corrected chi connectivity index (χ0v) is 17.8. The van der Waals surface area contributed by atoms with Crippen LogP contribution in [0.4, 0.5) is 0 Å². The molecule has 28 heavy (non-hydrogen) atoms. The lowest BCUT2D eigenvalue weighted by atomic mass is 9.97. The molecule has 0 saturated heterocycles. The van der Waals surface area contributed by atoms with Crippen LogP contribution in [-0.2, 0) is 6.42 Å². The summed E-state index contributed by atoms with van der Waals surface area (Å²) in [5, 5.41) is 1.19. The predicted molar refractivity (Wildman–Crippen MR) is 117 cm³/mol. The third kappa shape index (κ3) is 4.59. The van der Waals surface area contributed by atoms with Gasteiger partial charge in [0.15, 0.2) is 0 Å². The zero-order valence-electron chi connectivity index (χ0n) is 17.0. The SMILES string of the molecule is CC[N+](CC)=c1ccc2c(CCCCCl)cc(-c3ccc(OC)cc3)oc-2c1. The maximum absolute atomic E-state index is 6.35. The fourth-order valence-electron chi connectivity index (χ4n) is 3.54. The highest BCUT2D eigenvalue weighted by molar-refractivity contribution is 6.17. The van der Waals surface area contributed by atoms with E-state index >= 15 is 0 Å². The molecular weight excluding hydrogens is 370 g/mol. The van der Waals surface area contributed by atoms with E-state index in [-0.39, 0.29) is 0 Å². The van der Waals surface area contributed by atoms with Crippen molar-refractivity contribution in [2.75, 3.05) is 26.1 Å². The molecule has 2 aliphatic rings. The molecule has 1 aliphatic carbocycles. The van der Waals surface area contributed by atoms with E-state index < -0.39 is 0 Å². The van der Waals surface area contributed by atoms with Crippen LogP contribution in [0.25, 0.3) is 22.6 Å². The van der Waals surface area contributed by atoms with Gasteiger partial charge >= 0.3 is 0 Å². The Labute approximate surface area is 172 Å². The van der Waals surface area contributed by atoms with Crippen LogP contribution in [-0.4, -0.2) is 26.1 Å². The number of alkyl halides is 1. The summed E-state index contributed by atoms with van der Waals surface area (Å²) in [4.78, 5) is 0. The lowest BCUT2D eigenvalue weighted by Gasteiger charge is -2.14. The van der Waals surface area contributed by atoms with Gasteiger partial charge in [0, 0.05) is 23.1 Å². The highest BCUT2D eigenvalue weighted by Crippen LogP contribution is 2.33. The minimum Gasteiger partial charge on any atom is -0.497 e. The van der Waals surface area contributed by atoms with E-state index in [0.717, 1.165) is 55.2 Å². The van der Waals surface area contributed by atoms with Crippen molar-refractivity contribution in [3.8, 4) is 28.4 Å². The monoisotopic (exact) mass is 398 g/mol. The normalized spacial score (nSPS) is 11.0. The number of ether oxygens (including phenoxy) is 1. The third-order valence-corrected chi connectivity index (χ3v) is 5.44. The molecule has 1 aromatic rings. The van der Waals surface area contributed by atoms with Crippen LogP contribution >= 0.6 is 11.6 Å². The molecule has 148 valence electrons. The Balaban J connectivity index is 2.14. The van der Waals surface area contributed by atoms with Crippen molar-refractivity contribution in [3.05, 3.63) is 59.5 Å². The van der Waals surface area contributed by atoms with Gasteiger partial charge in [0.25, 0.3) is 0 Å². The molecule has 0 atom stereocenters. The summed E-state index contributed by atoms with van der Waals surface area (Å²) in [7, 11) is 1.68. The summed E-state index contributed by atoms with van der Waals surface area (Å²) in [5.41, 5.74) is 3.54. The number of methoxy groups -OCH3 is 1. The highest BCUT2D eigenvalue weighted by Gasteiger charge is 2.15. The number of aryl methyl sites for hydroxylation is 1. The van der Waals surface area contributed by atoms with Crippen LogP contribution in [0, 0.1) is 0 Å². The first-order chi connectivity index (χ1) is 13.7. The molecule has 0 spiro atoms. The number of hydrogen-bond donors (Lipinski definition) is 0. The second-order valence-electron chi connectivity index (χ2n) is 6.86. The smallest absolute Gasteiger partial charge is 0.203 e. The third-order valence-electron chi connectivity index (χ3n) is 5.17. The molecule has 3 rings (SSSR count). The van der Waals surface area contributed by atoms with Crippen molar-refractivity contribution in [2.24, 2.45) is 0 Å². The number of hydrogen-bond acceptors (Lipinski definition) is 2. The summed E-state index contributed by atoms with van der Waals surface area (Å²) >= 11 is 5.89. The fourth-order valence-corrected chi connectivity index (χ4v) is 3.73. The van der Waals surface area contributed by atoms with Crippen molar-refractivity contribution in [1.82, 2.24) is 4.58 Å². The molecule has 0 radical (unpaired) electrons. The molecule has 4 heteroatoms.